The number of pyridine rings is 1. The van der Waals surface area contributed by atoms with Gasteiger partial charge in [0.2, 0.25) is 0 Å². The Bertz CT molecular complexity index is 434. The Morgan fingerprint density at radius 3 is 2.57 bits per heavy atom. The third-order valence-electron chi connectivity index (χ3n) is 1.55. The zero-order valence-electron chi connectivity index (χ0n) is 7.23. The lowest BCUT2D eigenvalue weighted by atomic mass is 10.2. The van der Waals surface area contributed by atoms with Crippen molar-refractivity contribution in [1.82, 2.24) is 4.98 Å². The molecule has 74 valence electrons. The van der Waals surface area contributed by atoms with Crippen molar-refractivity contribution in [2.24, 2.45) is 0 Å². The number of aromatic nitrogens is 1. The summed E-state index contributed by atoms with van der Waals surface area (Å²) in [4.78, 5) is 34.8. The molecule has 0 saturated carbocycles. The molecule has 0 aromatic carbocycles. The molecule has 0 unspecified atom stereocenters. The van der Waals surface area contributed by atoms with Crippen LogP contribution in [0.2, 0.25) is 0 Å². The molecule has 0 radical (unpaired) electrons. The van der Waals surface area contributed by atoms with Crippen LogP contribution in [0.15, 0.2) is 17.1 Å². The van der Waals surface area contributed by atoms with Gasteiger partial charge in [0.05, 0.1) is 7.11 Å². The summed E-state index contributed by atoms with van der Waals surface area (Å²) >= 11 is 0. The van der Waals surface area contributed by atoms with E-state index in [0.29, 0.717) is 0 Å². The van der Waals surface area contributed by atoms with Gasteiger partial charge in [0.25, 0.3) is 0 Å². The minimum absolute atomic E-state index is 0.0810. The molecule has 1 aromatic heterocycles. The van der Waals surface area contributed by atoms with E-state index in [4.69, 9.17) is 5.11 Å². The topological polar surface area (TPSA) is 96.5 Å². The summed E-state index contributed by atoms with van der Waals surface area (Å²) in [5.41, 5.74) is -1.24. The van der Waals surface area contributed by atoms with Crippen molar-refractivity contribution in [2.45, 2.75) is 0 Å². The number of ether oxygens (including phenoxy) is 1. The fourth-order valence-electron chi connectivity index (χ4n) is 0.866. The van der Waals surface area contributed by atoms with Crippen molar-refractivity contribution >= 4 is 11.9 Å². The van der Waals surface area contributed by atoms with Crippen LogP contribution in [0, 0.1) is 0 Å². The van der Waals surface area contributed by atoms with Gasteiger partial charge in [0.1, 0.15) is 11.3 Å². The quantitative estimate of drug-likeness (QED) is 0.643. The van der Waals surface area contributed by atoms with Gasteiger partial charge >= 0.3 is 11.9 Å². The first-order valence-electron chi connectivity index (χ1n) is 3.60. The van der Waals surface area contributed by atoms with Crippen molar-refractivity contribution in [3.05, 3.63) is 33.7 Å². The molecule has 0 aliphatic heterocycles. The van der Waals surface area contributed by atoms with Gasteiger partial charge in [-0.25, -0.2) is 9.59 Å². The van der Waals surface area contributed by atoms with Gasteiger partial charge in [0, 0.05) is 12.3 Å². The standard InChI is InChI=1S/C8H7NO5/c1-14-8(13)5-2-6(10)4(3-9-5)7(11)12/h2-3H,1H3,(H,9,10)(H,11,12). The zero-order valence-corrected chi connectivity index (χ0v) is 7.23. The number of rotatable bonds is 2. The van der Waals surface area contributed by atoms with E-state index < -0.39 is 22.9 Å². The van der Waals surface area contributed by atoms with E-state index in [1.54, 1.807) is 0 Å². The molecule has 0 saturated heterocycles. The van der Waals surface area contributed by atoms with Crippen molar-refractivity contribution in [3.8, 4) is 0 Å². The number of carboxylic acid groups (broad SMARTS) is 1. The summed E-state index contributed by atoms with van der Waals surface area (Å²) in [5, 5.41) is 8.52. The van der Waals surface area contributed by atoms with Gasteiger partial charge < -0.3 is 14.8 Å². The van der Waals surface area contributed by atoms with Crippen LogP contribution in [0.3, 0.4) is 0 Å². The largest absolute Gasteiger partial charge is 0.477 e. The SMILES string of the molecule is COC(=O)c1cc(=O)c(C(=O)O)c[nH]1. The fraction of sp³-hybridized carbons (Fsp3) is 0.125. The van der Waals surface area contributed by atoms with Crippen LogP contribution in [0.5, 0.6) is 0 Å². The number of carbonyl (C=O) groups is 2. The fourth-order valence-corrected chi connectivity index (χ4v) is 0.866. The molecular formula is C8H7NO5. The van der Waals surface area contributed by atoms with Crippen LogP contribution in [0.4, 0.5) is 0 Å². The molecule has 0 aliphatic rings. The van der Waals surface area contributed by atoms with Crippen LogP contribution in [-0.2, 0) is 4.74 Å². The first-order valence-corrected chi connectivity index (χ1v) is 3.60. The van der Waals surface area contributed by atoms with Gasteiger partial charge in [0.15, 0.2) is 5.43 Å². The molecule has 6 nitrogen and oxygen atoms in total. The second-order valence-electron chi connectivity index (χ2n) is 2.42. The highest BCUT2D eigenvalue weighted by atomic mass is 16.5. The van der Waals surface area contributed by atoms with E-state index in [9.17, 15) is 14.4 Å². The van der Waals surface area contributed by atoms with Gasteiger partial charge in [-0.2, -0.15) is 0 Å². The summed E-state index contributed by atoms with van der Waals surface area (Å²) in [7, 11) is 1.16. The molecule has 0 spiro atoms. The van der Waals surface area contributed by atoms with Crippen molar-refractivity contribution in [1.29, 1.82) is 0 Å². The monoisotopic (exact) mass is 197 g/mol. The number of H-pyrrole nitrogens is 1. The number of carboxylic acids is 1. The van der Waals surface area contributed by atoms with E-state index in [1.807, 2.05) is 0 Å². The molecule has 0 fully saturated rings. The third-order valence-corrected chi connectivity index (χ3v) is 1.55. The summed E-state index contributed by atoms with van der Waals surface area (Å²) < 4.78 is 4.34. The maximum Gasteiger partial charge on any atom is 0.354 e. The highest BCUT2D eigenvalue weighted by Crippen LogP contribution is 1.95. The average molecular weight is 197 g/mol. The average Bonchev–Trinajstić information content (AvgIpc) is 2.15. The Morgan fingerprint density at radius 2 is 2.14 bits per heavy atom. The summed E-state index contributed by atoms with van der Waals surface area (Å²) in [6.45, 7) is 0. The predicted molar refractivity (Wildman–Crippen MR) is 45.4 cm³/mol. The number of aromatic amines is 1. The summed E-state index contributed by atoms with van der Waals surface area (Å²) in [6, 6.07) is 0.884. The normalized spacial score (nSPS) is 9.50. The maximum atomic E-state index is 11.1. The van der Waals surface area contributed by atoms with E-state index in [-0.39, 0.29) is 5.69 Å². The number of hydrogen-bond acceptors (Lipinski definition) is 4. The predicted octanol–water partition coefficient (Wildman–Crippen LogP) is -0.140. The number of methoxy groups -OCH3 is 1. The third kappa shape index (κ3) is 1.79. The first-order chi connectivity index (χ1) is 6.56. The molecule has 6 heteroatoms. The number of aromatic carboxylic acids is 1. The molecule has 2 N–H and O–H groups in total. The van der Waals surface area contributed by atoms with Gasteiger partial charge in [-0.15, -0.1) is 0 Å². The molecule has 1 heterocycles. The molecule has 0 amide bonds. The lowest BCUT2D eigenvalue weighted by molar-refractivity contribution is 0.0591. The lowest BCUT2D eigenvalue weighted by Gasteiger charge is -1.98. The second kappa shape index (κ2) is 3.73. The molecular weight excluding hydrogens is 190 g/mol. The van der Waals surface area contributed by atoms with E-state index >= 15 is 0 Å². The first kappa shape index (κ1) is 9.97. The van der Waals surface area contributed by atoms with Gasteiger partial charge in [-0.05, 0) is 0 Å². The molecule has 1 aromatic rings. The number of hydrogen-bond donors (Lipinski definition) is 2. The Balaban J connectivity index is 3.20. The Morgan fingerprint density at radius 1 is 1.50 bits per heavy atom. The molecule has 14 heavy (non-hydrogen) atoms. The van der Waals surface area contributed by atoms with Crippen LogP contribution in [0.1, 0.15) is 20.8 Å². The van der Waals surface area contributed by atoms with E-state index in [1.165, 1.54) is 0 Å². The Hall–Kier alpha value is -2.11. The van der Waals surface area contributed by atoms with Crippen LogP contribution >= 0.6 is 0 Å². The van der Waals surface area contributed by atoms with Crippen LogP contribution in [0.25, 0.3) is 0 Å². The number of nitrogens with one attached hydrogen (secondary N) is 1. The van der Waals surface area contributed by atoms with E-state index in [0.717, 1.165) is 19.4 Å². The smallest absolute Gasteiger partial charge is 0.354 e. The molecule has 1 rings (SSSR count). The summed E-state index contributed by atoms with van der Waals surface area (Å²) in [5.74, 6) is -2.07. The highest BCUT2D eigenvalue weighted by molar-refractivity contribution is 5.90. The second-order valence-corrected chi connectivity index (χ2v) is 2.42. The Kier molecular flexibility index (Phi) is 2.66. The molecule has 0 atom stereocenters. The number of esters is 1. The zero-order chi connectivity index (χ0) is 10.7. The minimum Gasteiger partial charge on any atom is -0.477 e. The van der Waals surface area contributed by atoms with Crippen molar-refractivity contribution < 1.29 is 19.4 Å². The summed E-state index contributed by atoms with van der Waals surface area (Å²) in [6.07, 6.45) is 0.955. The van der Waals surface area contributed by atoms with Crippen LogP contribution < -0.4 is 5.43 Å². The van der Waals surface area contributed by atoms with Crippen LogP contribution in [-0.4, -0.2) is 29.1 Å². The van der Waals surface area contributed by atoms with Gasteiger partial charge in [-0.1, -0.05) is 0 Å². The highest BCUT2D eigenvalue weighted by Gasteiger charge is 2.12. The molecule has 0 aliphatic carbocycles. The van der Waals surface area contributed by atoms with Crippen molar-refractivity contribution in [3.63, 3.8) is 0 Å². The molecule has 0 bridgehead atoms. The lowest BCUT2D eigenvalue weighted by Crippen LogP contribution is -2.17. The maximum absolute atomic E-state index is 11.1. The van der Waals surface area contributed by atoms with Gasteiger partial charge in [-0.3, -0.25) is 4.79 Å². The minimum atomic E-state index is -1.34. The van der Waals surface area contributed by atoms with Crippen molar-refractivity contribution in [2.75, 3.05) is 7.11 Å². The van der Waals surface area contributed by atoms with E-state index in [2.05, 4.69) is 9.72 Å². The Labute approximate surface area is 78.1 Å². The number of carbonyl (C=O) groups excluding carboxylic acids is 1.